The van der Waals surface area contributed by atoms with Crippen molar-refractivity contribution in [3.8, 4) is 0 Å². The van der Waals surface area contributed by atoms with Crippen LogP contribution in [0.15, 0.2) is 0 Å². The summed E-state index contributed by atoms with van der Waals surface area (Å²) in [6, 6.07) is 0.386. The van der Waals surface area contributed by atoms with Crippen molar-refractivity contribution in [2.75, 3.05) is 20.1 Å². The van der Waals surface area contributed by atoms with Gasteiger partial charge in [-0.05, 0) is 12.8 Å². The SMILES string of the molecule is CNC(=O)CN(CCC(=O)O)C1CCCC1. The molecule has 5 nitrogen and oxygen atoms in total. The maximum absolute atomic E-state index is 11.3. The highest BCUT2D eigenvalue weighted by atomic mass is 16.4. The number of carbonyl (C=O) groups is 2. The van der Waals surface area contributed by atoms with Crippen molar-refractivity contribution in [2.24, 2.45) is 0 Å². The van der Waals surface area contributed by atoms with Crippen molar-refractivity contribution in [2.45, 2.75) is 38.1 Å². The van der Waals surface area contributed by atoms with Gasteiger partial charge in [-0.1, -0.05) is 12.8 Å². The summed E-state index contributed by atoms with van der Waals surface area (Å²) in [5.74, 6) is -0.850. The lowest BCUT2D eigenvalue weighted by Gasteiger charge is -2.27. The number of nitrogens with one attached hydrogen (secondary N) is 1. The molecule has 0 unspecified atom stereocenters. The van der Waals surface area contributed by atoms with Crippen molar-refractivity contribution in [3.05, 3.63) is 0 Å². The average molecular weight is 228 g/mol. The first-order valence-corrected chi connectivity index (χ1v) is 5.80. The van der Waals surface area contributed by atoms with E-state index in [1.54, 1.807) is 7.05 Å². The number of hydrogen-bond acceptors (Lipinski definition) is 3. The minimum Gasteiger partial charge on any atom is -0.481 e. The van der Waals surface area contributed by atoms with Crippen molar-refractivity contribution in [1.29, 1.82) is 0 Å². The van der Waals surface area contributed by atoms with Crippen LogP contribution in [-0.2, 0) is 9.59 Å². The Kier molecular flexibility index (Phi) is 5.25. The lowest BCUT2D eigenvalue weighted by molar-refractivity contribution is -0.138. The molecule has 0 saturated heterocycles. The number of amides is 1. The first-order chi connectivity index (χ1) is 7.63. The Morgan fingerprint density at radius 3 is 2.50 bits per heavy atom. The molecule has 0 spiro atoms. The number of hydrogen-bond donors (Lipinski definition) is 2. The molecule has 1 aliphatic carbocycles. The molecule has 0 aromatic heterocycles. The van der Waals surface area contributed by atoms with Crippen LogP contribution in [-0.4, -0.2) is 48.1 Å². The monoisotopic (exact) mass is 228 g/mol. The molecule has 92 valence electrons. The molecule has 1 rings (SSSR count). The quantitative estimate of drug-likeness (QED) is 0.692. The van der Waals surface area contributed by atoms with Crippen LogP contribution in [0.2, 0.25) is 0 Å². The van der Waals surface area contributed by atoms with Gasteiger partial charge in [-0.3, -0.25) is 14.5 Å². The summed E-state index contributed by atoms with van der Waals surface area (Å²) >= 11 is 0. The van der Waals surface area contributed by atoms with E-state index in [1.807, 2.05) is 4.90 Å². The molecule has 0 aliphatic heterocycles. The third kappa shape index (κ3) is 4.18. The van der Waals surface area contributed by atoms with E-state index < -0.39 is 5.97 Å². The molecule has 1 fully saturated rings. The zero-order valence-corrected chi connectivity index (χ0v) is 9.74. The Balaban J connectivity index is 2.46. The van der Waals surface area contributed by atoms with Gasteiger partial charge in [-0.2, -0.15) is 0 Å². The minimum absolute atomic E-state index is 0.0442. The summed E-state index contributed by atoms with van der Waals surface area (Å²) < 4.78 is 0. The highest BCUT2D eigenvalue weighted by molar-refractivity contribution is 5.77. The second-order valence-electron chi connectivity index (χ2n) is 4.23. The zero-order valence-electron chi connectivity index (χ0n) is 9.74. The number of carboxylic acid groups (broad SMARTS) is 1. The summed E-state index contributed by atoms with van der Waals surface area (Å²) in [7, 11) is 1.60. The molecule has 0 atom stereocenters. The number of aliphatic carboxylic acids is 1. The van der Waals surface area contributed by atoms with Crippen LogP contribution in [0.3, 0.4) is 0 Å². The topological polar surface area (TPSA) is 69.6 Å². The van der Waals surface area contributed by atoms with Crippen molar-refractivity contribution < 1.29 is 14.7 Å². The number of carboxylic acids is 1. The van der Waals surface area contributed by atoms with E-state index in [0.29, 0.717) is 19.1 Å². The Morgan fingerprint density at radius 2 is 2.00 bits per heavy atom. The van der Waals surface area contributed by atoms with E-state index in [1.165, 1.54) is 12.8 Å². The Hall–Kier alpha value is -1.10. The summed E-state index contributed by atoms with van der Waals surface area (Å²) in [6.07, 6.45) is 4.63. The summed E-state index contributed by atoms with van der Waals surface area (Å²) in [5.41, 5.74) is 0. The number of likely N-dealkylation sites (N-methyl/N-ethyl adjacent to an activating group) is 1. The highest BCUT2D eigenvalue weighted by Gasteiger charge is 2.24. The van der Waals surface area contributed by atoms with Gasteiger partial charge in [0.15, 0.2) is 0 Å². The molecule has 0 radical (unpaired) electrons. The average Bonchev–Trinajstić information content (AvgIpc) is 2.76. The van der Waals surface area contributed by atoms with Gasteiger partial charge in [0.25, 0.3) is 0 Å². The van der Waals surface area contributed by atoms with Crippen LogP contribution in [0.4, 0.5) is 0 Å². The van der Waals surface area contributed by atoms with Gasteiger partial charge in [-0.15, -0.1) is 0 Å². The van der Waals surface area contributed by atoms with E-state index in [0.717, 1.165) is 12.8 Å². The van der Waals surface area contributed by atoms with Crippen molar-refractivity contribution in [1.82, 2.24) is 10.2 Å². The largest absolute Gasteiger partial charge is 0.481 e. The fourth-order valence-electron chi connectivity index (χ4n) is 2.16. The van der Waals surface area contributed by atoms with Crippen molar-refractivity contribution in [3.63, 3.8) is 0 Å². The molecule has 0 heterocycles. The maximum atomic E-state index is 11.3. The predicted molar refractivity (Wildman–Crippen MR) is 60.1 cm³/mol. The van der Waals surface area contributed by atoms with Gasteiger partial charge in [0.05, 0.1) is 13.0 Å². The Bertz CT molecular complexity index is 250. The van der Waals surface area contributed by atoms with Gasteiger partial charge < -0.3 is 10.4 Å². The lowest BCUT2D eigenvalue weighted by atomic mass is 10.2. The summed E-state index contributed by atoms with van der Waals surface area (Å²) in [4.78, 5) is 23.9. The van der Waals surface area contributed by atoms with Gasteiger partial charge in [-0.25, -0.2) is 0 Å². The minimum atomic E-state index is -0.806. The van der Waals surface area contributed by atoms with Gasteiger partial charge in [0, 0.05) is 19.6 Å². The Labute approximate surface area is 95.8 Å². The van der Waals surface area contributed by atoms with Gasteiger partial charge in [0.2, 0.25) is 5.91 Å². The molecule has 0 bridgehead atoms. The Morgan fingerprint density at radius 1 is 1.38 bits per heavy atom. The first-order valence-electron chi connectivity index (χ1n) is 5.80. The predicted octanol–water partition coefficient (Wildman–Crippen LogP) is 0.452. The van der Waals surface area contributed by atoms with Crippen LogP contribution >= 0.6 is 0 Å². The second-order valence-corrected chi connectivity index (χ2v) is 4.23. The molecule has 5 heteroatoms. The third-order valence-corrected chi connectivity index (χ3v) is 3.08. The van der Waals surface area contributed by atoms with Crippen molar-refractivity contribution >= 4 is 11.9 Å². The molecule has 0 aromatic rings. The standard InChI is InChI=1S/C11H20N2O3/c1-12-10(14)8-13(7-6-11(15)16)9-4-2-3-5-9/h9H,2-8H2,1H3,(H,12,14)(H,15,16). The van der Waals surface area contributed by atoms with E-state index in [-0.39, 0.29) is 12.3 Å². The van der Waals surface area contributed by atoms with Crippen LogP contribution in [0.1, 0.15) is 32.1 Å². The highest BCUT2D eigenvalue weighted by Crippen LogP contribution is 2.23. The number of nitrogens with zero attached hydrogens (tertiary/aromatic N) is 1. The van der Waals surface area contributed by atoms with Gasteiger partial charge >= 0.3 is 5.97 Å². The van der Waals surface area contributed by atoms with E-state index in [9.17, 15) is 9.59 Å². The molecular formula is C11H20N2O3. The molecule has 2 N–H and O–H groups in total. The number of rotatable bonds is 6. The smallest absolute Gasteiger partial charge is 0.304 e. The normalized spacial score (nSPS) is 16.6. The van der Waals surface area contributed by atoms with E-state index in [2.05, 4.69) is 5.32 Å². The van der Waals surface area contributed by atoms with Gasteiger partial charge in [0.1, 0.15) is 0 Å². The maximum Gasteiger partial charge on any atom is 0.304 e. The fourth-order valence-corrected chi connectivity index (χ4v) is 2.16. The zero-order chi connectivity index (χ0) is 12.0. The molecule has 1 saturated carbocycles. The molecular weight excluding hydrogens is 208 g/mol. The number of carbonyl (C=O) groups excluding carboxylic acids is 1. The van der Waals surface area contributed by atoms with Crippen LogP contribution in [0.25, 0.3) is 0 Å². The molecule has 0 aromatic carbocycles. The fraction of sp³-hybridized carbons (Fsp3) is 0.818. The van der Waals surface area contributed by atoms with E-state index in [4.69, 9.17) is 5.11 Å². The summed E-state index contributed by atoms with van der Waals surface area (Å²) in [5, 5.41) is 11.2. The molecule has 1 aliphatic rings. The van der Waals surface area contributed by atoms with Crippen LogP contribution in [0, 0.1) is 0 Å². The summed E-state index contributed by atoms with van der Waals surface area (Å²) in [6.45, 7) is 0.780. The van der Waals surface area contributed by atoms with E-state index >= 15 is 0 Å². The third-order valence-electron chi connectivity index (χ3n) is 3.08. The second kappa shape index (κ2) is 6.48. The van der Waals surface area contributed by atoms with Crippen LogP contribution in [0.5, 0.6) is 0 Å². The van der Waals surface area contributed by atoms with Crippen LogP contribution < -0.4 is 5.32 Å². The molecule has 1 amide bonds. The first kappa shape index (κ1) is 13.0. The lowest BCUT2D eigenvalue weighted by Crippen LogP contribution is -2.42. The molecule has 16 heavy (non-hydrogen) atoms.